The molecule has 1 fully saturated rings. The molecule has 1 atom stereocenters. The Morgan fingerprint density at radius 3 is 2.43 bits per heavy atom. The molecule has 2 aromatic rings. The van der Waals surface area contributed by atoms with Gasteiger partial charge in [-0.15, -0.1) is 0 Å². The van der Waals surface area contributed by atoms with Gasteiger partial charge in [0.05, 0.1) is 28.8 Å². The number of benzene rings is 2. The lowest BCUT2D eigenvalue weighted by Gasteiger charge is -2.11. The zero-order valence-electron chi connectivity index (χ0n) is 15.3. The lowest BCUT2D eigenvalue weighted by molar-refractivity contribution is 0.0950. The number of rotatable bonds is 6. The Kier molecular flexibility index (Phi) is 5.76. The highest BCUT2D eigenvalue weighted by molar-refractivity contribution is 7.96. The molecule has 0 spiro atoms. The molecule has 1 saturated heterocycles. The molecule has 7 nitrogen and oxygen atoms in total. The number of ether oxygens (including phenoxy) is 1. The molecule has 2 aromatic carbocycles. The average Bonchev–Trinajstić information content (AvgIpc) is 3.07. The molecule has 0 aliphatic carbocycles. The largest absolute Gasteiger partial charge is 0.496 e. The van der Waals surface area contributed by atoms with Crippen LogP contribution in [-0.2, 0) is 26.2 Å². The summed E-state index contributed by atoms with van der Waals surface area (Å²) >= 11 is 0. The van der Waals surface area contributed by atoms with Crippen LogP contribution in [0.25, 0.3) is 0 Å². The number of carbonyl (C=O) groups is 1. The molecule has 3 rings (SSSR count). The first-order valence-electron chi connectivity index (χ1n) is 8.67. The fourth-order valence-corrected chi connectivity index (χ4v) is 7.48. The van der Waals surface area contributed by atoms with E-state index in [9.17, 15) is 21.6 Å². The van der Waals surface area contributed by atoms with Gasteiger partial charge in [-0.05, 0) is 36.8 Å². The van der Waals surface area contributed by atoms with Gasteiger partial charge in [0.2, 0.25) is 0 Å². The van der Waals surface area contributed by atoms with Gasteiger partial charge in [-0.25, -0.2) is 16.8 Å². The first kappa shape index (κ1) is 20.3. The van der Waals surface area contributed by atoms with E-state index < -0.39 is 24.9 Å². The molecule has 1 aliphatic rings. The third-order valence-electron chi connectivity index (χ3n) is 4.71. The van der Waals surface area contributed by atoms with Crippen molar-refractivity contribution in [3.05, 3.63) is 59.7 Å². The Balaban J connectivity index is 1.69. The van der Waals surface area contributed by atoms with Crippen molar-refractivity contribution in [3.63, 3.8) is 0 Å². The van der Waals surface area contributed by atoms with Crippen molar-refractivity contribution in [1.82, 2.24) is 5.32 Å². The van der Waals surface area contributed by atoms with E-state index in [0.29, 0.717) is 11.3 Å². The van der Waals surface area contributed by atoms with Crippen molar-refractivity contribution in [3.8, 4) is 5.75 Å². The summed E-state index contributed by atoms with van der Waals surface area (Å²) in [6, 6.07) is 12.8. The van der Waals surface area contributed by atoms with Crippen molar-refractivity contribution in [2.75, 3.05) is 18.6 Å². The van der Waals surface area contributed by atoms with Crippen LogP contribution >= 0.6 is 0 Å². The lowest BCUT2D eigenvalue weighted by Crippen LogP contribution is -2.24. The molecule has 28 heavy (non-hydrogen) atoms. The van der Waals surface area contributed by atoms with E-state index >= 15 is 0 Å². The van der Waals surface area contributed by atoms with Crippen LogP contribution < -0.4 is 10.1 Å². The first-order valence-corrected chi connectivity index (χ1v) is 12.0. The topological polar surface area (TPSA) is 107 Å². The number of hydrogen-bond donors (Lipinski definition) is 1. The number of hydrogen-bond acceptors (Lipinski definition) is 6. The summed E-state index contributed by atoms with van der Waals surface area (Å²) in [5.41, 5.74) is 1.13. The van der Waals surface area contributed by atoms with E-state index in [4.69, 9.17) is 4.74 Å². The van der Waals surface area contributed by atoms with Gasteiger partial charge in [-0.2, -0.15) is 0 Å². The second kappa shape index (κ2) is 7.92. The summed E-state index contributed by atoms with van der Waals surface area (Å²) in [6.07, 6.45) is 0.103. The molecule has 0 unspecified atom stereocenters. The van der Waals surface area contributed by atoms with Crippen LogP contribution in [0.15, 0.2) is 53.4 Å². The van der Waals surface area contributed by atoms with Crippen molar-refractivity contribution in [2.45, 2.75) is 23.1 Å². The number of carbonyl (C=O) groups excluding carboxylic acids is 1. The summed E-state index contributed by atoms with van der Waals surface area (Å²) in [5, 5.41) is 1.84. The van der Waals surface area contributed by atoms with Gasteiger partial charge in [0.25, 0.3) is 5.91 Å². The monoisotopic (exact) mass is 423 g/mol. The smallest absolute Gasteiger partial charge is 0.251 e. The van der Waals surface area contributed by atoms with Crippen LogP contribution in [0.1, 0.15) is 22.3 Å². The maximum Gasteiger partial charge on any atom is 0.251 e. The normalized spacial score (nSPS) is 18.5. The van der Waals surface area contributed by atoms with Crippen molar-refractivity contribution < 1.29 is 26.4 Å². The minimum Gasteiger partial charge on any atom is -0.496 e. The van der Waals surface area contributed by atoms with Crippen LogP contribution in [-0.4, -0.2) is 46.6 Å². The molecule has 150 valence electrons. The van der Waals surface area contributed by atoms with Crippen molar-refractivity contribution >= 4 is 25.6 Å². The van der Waals surface area contributed by atoms with Gasteiger partial charge in [-0.1, -0.05) is 18.2 Å². The second-order valence-electron chi connectivity index (χ2n) is 6.59. The van der Waals surface area contributed by atoms with E-state index in [2.05, 4.69) is 5.32 Å². The summed E-state index contributed by atoms with van der Waals surface area (Å²) < 4.78 is 53.6. The average molecular weight is 424 g/mol. The summed E-state index contributed by atoms with van der Waals surface area (Å²) in [6.45, 7) is 0.267. The fourth-order valence-electron chi connectivity index (χ4n) is 3.12. The number of para-hydroxylation sites is 1. The molecular formula is C19H21NO6S2. The number of amides is 1. The predicted octanol–water partition coefficient (Wildman–Crippen LogP) is 1.59. The number of nitrogens with one attached hydrogen (secondary N) is 1. The van der Waals surface area contributed by atoms with Crippen molar-refractivity contribution in [1.29, 1.82) is 0 Å². The summed E-state index contributed by atoms with van der Waals surface area (Å²) in [5.74, 6) is -0.148. The Labute approximate surface area is 164 Å². The van der Waals surface area contributed by atoms with E-state index in [0.717, 1.165) is 5.56 Å². The van der Waals surface area contributed by atoms with Gasteiger partial charge in [-0.3, -0.25) is 4.79 Å². The third kappa shape index (κ3) is 4.36. The minimum absolute atomic E-state index is 0.0240. The molecule has 0 bridgehead atoms. The van der Waals surface area contributed by atoms with Gasteiger partial charge >= 0.3 is 0 Å². The Hall–Kier alpha value is -2.39. The van der Waals surface area contributed by atoms with Crippen molar-refractivity contribution in [2.24, 2.45) is 0 Å². The molecule has 9 heteroatoms. The first-order chi connectivity index (χ1) is 13.2. The summed E-state index contributed by atoms with van der Waals surface area (Å²) in [4.78, 5) is 12.4. The van der Waals surface area contributed by atoms with E-state index in [-0.39, 0.29) is 35.3 Å². The second-order valence-corrected chi connectivity index (χ2v) is 11.0. The van der Waals surface area contributed by atoms with Crippen LogP contribution in [0.2, 0.25) is 0 Å². The van der Waals surface area contributed by atoms with E-state index in [1.165, 1.54) is 24.3 Å². The van der Waals surface area contributed by atoms with Gasteiger partial charge in [0.15, 0.2) is 19.7 Å². The maximum absolute atomic E-state index is 12.6. The number of methoxy groups -OCH3 is 1. The standard InChI is InChI=1S/C19H21NO6S2/c1-26-18-5-3-2-4-15(18)12-20-19(21)14-6-8-16(9-7-14)28(24,25)17-10-11-27(22,23)13-17/h2-9,17H,10-13H2,1H3,(H,20,21)/t17-/m0/s1. The Bertz CT molecular complexity index is 1080. The molecule has 1 aliphatic heterocycles. The molecule has 1 amide bonds. The highest BCUT2D eigenvalue weighted by Crippen LogP contribution is 2.25. The molecule has 0 aromatic heterocycles. The van der Waals surface area contributed by atoms with Gasteiger partial charge in [0.1, 0.15) is 5.75 Å². The van der Waals surface area contributed by atoms with E-state index in [1.807, 2.05) is 18.2 Å². The fraction of sp³-hybridized carbons (Fsp3) is 0.316. The zero-order valence-corrected chi connectivity index (χ0v) is 16.9. The molecule has 1 heterocycles. The van der Waals surface area contributed by atoms with Crippen LogP contribution in [0.4, 0.5) is 0 Å². The molecular weight excluding hydrogens is 402 g/mol. The van der Waals surface area contributed by atoms with E-state index in [1.54, 1.807) is 13.2 Å². The molecule has 1 N–H and O–H groups in total. The minimum atomic E-state index is -3.74. The lowest BCUT2D eigenvalue weighted by atomic mass is 10.2. The maximum atomic E-state index is 12.6. The third-order valence-corrected chi connectivity index (χ3v) is 8.89. The van der Waals surface area contributed by atoms with Gasteiger partial charge in [0, 0.05) is 17.7 Å². The van der Waals surface area contributed by atoms with Crippen LogP contribution in [0.5, 0.6) is 5.75 Å². The predicted molar refractivity (Wildman–Crippen MR) is 105 cm³/mol. The van der Waals surface area contributed by atoms with Gasteiger partial charge < -0.3 is 10.1 Å². The highest BCUT2D eigenvalue weighted by Gasteiger charge is 2.37. The zero-order chi connectivity index (χ0) is 20.4. The Morgan fingerprint density at radius 1 is 1.14 bits per heavy atom. The Morgan fingerprint density at radius 2 is 1.82 bits per heavy atom. The highest BCUT2D eigenvalue weighted by atomic mass is 32.2. The quantitative estimate of drug-likeness (QED) is 0.756. The molecule has 0 radical (unpaired) electrons. The van der Waals surface area contributed by atoms with Crippen LogP contribution in [0, 0.1) is 0 Å². The molecule has 0 saturated carbocycles. The van der Waals surface area contributed by atoms with Crippen LogP contribution in [0.3, 0.4) is 0 Å². The SMILES string of the molecule is COc1ccccc1CNC(=O)c1ccc(S(=O)(=O)[C@H]2CCS(=O)(=O)C2)cc1. The summed E-state index contributed by atoms with van der Waals surface area (Å²) in [7, 11) is -5.49. The number of sulfone groups is 2.